The third-order valence-electron chi connectivity index (χ3n) is 7.45. The lowest BCUT2D eigenvalue weighted by Gasteiger charge is -2.25. The Balaban J connectivity index is 1.16. The van der Waals surface area contributed by atoms with E-state index in [9.17, 15) is 5.11 Å². The molecule has 10 heteroatoms. The zero-order valence-corrected chi connectivity index (χ0v) is 23.8. The molecule has 5 aromatic rings. The number of fused-ring (bicyclic) bond motifs is 1. The number of aromatic amines is 1. The first-order valence-electron chi connectivity index (χ1n) is 14.6. The third kappa shape index (κ3) is 7.36. The number of anilines is 2. The summed E-state index contributed by atoms with van der Waals surface area (Å²) in [5, 5.41) is 17.0. The number of imidazole rings is 1. The minimum atomic E-state index is -0.538. The van der Waals surface area contributed by atoms with E-state index in [2.05, 4.69) is 37.7 Å². The zero-order valence-electron chi connectivity index (χ0n) is 23.8. The Morgan fingerprint density at radius 2 is 1.35 bits per heavy atom. The van der Waals surface area contributed by atoms with Gasteiger partial charge in [0, 0.05) is 13.1 Å². The normalized spacial score (nSPS) is 19.9. The SMILES string of the molecule is OC[C@H]1O[C@@H](CNc2nc(NCCc3ccccc3)nc3nc[nH]c23)[C@@H](OCc2ccccc2)[C@@H]1OCc1ccccc1. The highest BCUT2D eigenvalue weighted by molar-refractivity contribution is 5.83. The van der Waals surface area contributed by atoms with E-state index in [1.165, 1.54) is 5.56 Å². The molecular weight excluding hydrogens is 544 g/mol. The molecule has 3 aromatic carbocycles. The van der Waals surface area contributed by atoms with Crippen molar-refractivity contribution in [2.24, 2.45) is 0 Å². The van der Waals surface area contributed by atoms with Crippen molar-refractivity contribution in [1.82, 2.24) is 19.9 Å². The molecule has 0 aliphatic carbocycles. The van der Waals surface area contributed by atoms with Gasteiger partial charge in [-0.3, -0.25) is 0 Å². The van der Waals surface area contributed by atoms with Crippen LogP contribution in [0.25, 0.3) is 11.2 Å². The number of nitrogens with one attached hydrogen (secondary N) is 3. The molecule has 4 atom stereocenters. The summed E-state index contributed by atoms with van der Waals surface area (Å²) in [6.07, 6.45) is 0.595. The molecule has 4 N–H and O–H groups in total. The average molecular weight is 581 g/mol. The monoisotopic (exact) mass is 580 g/mol. The van der Waals surface area contributed by atoms with E-state index >= 15 is 0 Å². The lowest BCUT2D eigenvalue weighted by Crippen LogP contribution is -2.40. The Hall–Kier alpha value is -4.35. The maximum atomic E-state index is 10.2. The van der Waals surface area contributed by atoms with Gasteiger partial charge in [0.1, 0.15) is 29.9 Å². The second-order valence-corrected chi connectivity index (χ2v) is 10.5. The summed E-state index contributed by atoms with van der Waals surface area (Å²) in [5.74, 6) is 1.09. The summed E-state index contributed by atoms with van der Waals surface area (Å²) in [6, 6.07) is 30.2. The van der Waals surface area contributed by atoms with Crippen LogP contribution in [0.15, 0.2) is 97.3 Å². The van der Waals surface area contributed by atoms with Crippen LogP contribution in [-0.2, 0) is 33.8 Å². The van der Waals surface area contributed by atoms with Gasteiger partial charge in [-0.1, -0.05) is 91.0 Å². The number of nitrogens with zero attached hydrogens (tertiary/aromatic N) is 3. The first kappa shape index (κ1) is 28.8. The number of hydrogen-bond acceptors (Lipinski definition) is 9. The summed E-state index contributed by atoms with van der Waals surface area (Å²) in [5.41, 5.74) is 4.57. The Morgan fingerprint density at radius 3 is 1.98 bits per heavy atom. The maximum Gasteiger partial charge on any atom is 0.226 e. The largest absolute Gasteiger partial charge is 0.394 e. The van der Waals surface area contributed by atoms with E-state index in [1.54, 1.807) is 6.33 Å². The molecule has 0 amide bonds. The van der Waals surface area contributed by atoms with Gasteiger partial charge in [-0.05, 0) is 23.1 Å². The minimum absolute atomic E-state index is 0.186. The van der Waals surface area contributed by atoms with E-state index in [-0.39, 0.29) is 6.61 Å². The second-order valence-electron chi connectivity index (χ2n) is 10.5. The van der Waals surface area contributed by atoms with Gasteiger partial charge in [0.25, 0.3) is 0 Å². The number of hydrogen-bond donors (Lipinski definition) is 4. The quantitative estimate of drug-likeness (QED) is 0.152. The van der Waals surface area contributed by atoms with Crippen molar-refractivity contribution in [3.05, 3.63) is 114 Å². The molecule has 1 aliphatic rings. The van der Waals surface area contributed by atoms with E-state index in [0.29, 0.717) is 49.2 Å². The lowest BCUT2D eigenvalue weighted by molar-refractivity contribution is -0.0829. The molecule has 0 spiro atoms. The highest BCUT2D eigenvalue weighted by atomic mass is 16.6. The molecule has 43 heavy (non-hydrogen) atoms. The van der Waals surface area contributed by atoms with Gasteiger partial charge >= 0.3 is 0 Å². The van der Waals surface area contributed by atoms with Gasteiger partial charge in [-0.2, -0.15) is 9.97 Å². The molecule has 0 unspecified atom stereocenters. The van der Waals surface area contributed by atoms with Crippen molar-refractivity contribution < 1.29 is 19.3 Å². The number of rotatable bonds is 14. The van der Waals surface area contributed by atoms with Gasteiger partial charge in [-0.15, -0.1) is 0 Å². The third-order valence-corrected chi connectivity index (χ3v) is 7.45. The molecule has 1 fully saturated rings. The molecule has 6 rings (SSSR count). The van der Waals surface area contributed by atoms with Crippen LogP contribution in [0.1, 0.15) is 16.7 Å². The molecule has 0 saturated carbocycles. The molecule has 2 aromatic heterocycles. The lowest BCUT2D eigenvalue weighted by atomic mass is 10.1. The number of H-pyrrole nitrogens is 1. The molecule has 10 nitrogen and oxygen atoms in total. The average Bonchev–Trinajstić information content (AvgIpc) is 3.67. The van der Waals surface area contributed by atoms with Crippen LogP contribution < -0.4 is 10.6 Å². The van der Waals surface area contributed by atoms with Gasteiger partial charge in [0.05, 0.1) is 26.1 Å². The van der Waals surface area contributed by atoms with Crippen molar-refractivity contribution in [2.45, 2.75) is 44.1 Å². The summed E-state index contributed by atoms with van der Waals surface area (Å²) in [4.78, 5) is 16.8. The zero-order chi connectivity index (χ0) is 29.3. The van der Waals surface area contributed by atoms with Gasteiger partial charge < -0.3 is 34.9 Å². The molecule has 0 radical (unpaired) electrons. The van der Waals surface area contributed by atoms with Crippen molar-refractivity contribution in [3.63, 3.8) is 0 Å². The second kappa shape index (κ2) is 14.2. The van der Waals surface area contributed by atoms with E-state index in [4.69, 9.17) is 19.2 Å². The molecule has 3 heterocycles. The molecule has 0 bridgehead atoms. The van der Waals surface area contributed by atoms with Crippen LogP contribution in [0.4, 0.5) is 11.8 Å². The van der Waals surface area contributed by atoms with Gasteiger partial charge in [0.2, 0.25) is 5.95 Å². The number of aliphatic hydroxyl groups excluding tert-OH is 1. The fourth-order valence-electron chi connectivity index (χ4n) is 5.25. The van der Waals surface area contributed by atoms with Crippen molar-refractivity contribution >= 4 is 22.9 Å². The predicted molar refractivity (Wildman–Crippen MR) is 165 cm³/mol. The van der Waals surface area contributed by atoms with Crippen LogP contribution in [0.2, 0.25) is 0 Å². The fourth-order valence-corrected chi connectivity index (χ4v) is 5.25. The van der Waals surface area contributed by atoms with Crippen molar-refractivity contribution in [2.75, 3.05) is 30.3 Å². The van der Waals surface area contributed by atoms with Gasteiger partial charge in [0.15, 0.2) is 11.5 Å². The van der Waals surface area contributed by atoms with E-state index < -0.39 is 24.4 Å². The minimum Gasteiger partial charge on any atom is -0.394 e. The molecule has 222 valence electrons. The van der Waals surface area contributed by atoms with Crippen LogP contribution in [0.3, 0.4) is 0 Å². The van der Waals surface area contributed by atoms with Crippen molar-refractivity contribution in [1.29, 1.82) is 0 Å². The Kier molecular flexibility index (Phi) is 9.50. The summed E-state index contributed by atoms with van der Waals surface area (Å²) in [7, 11) is 0. The Bertz CT molecular complexity index is 1550. The van der Waals surface area contributed by atoms with Crippen LogP contribution >= 0.6 is 0 Å². The highest BCUT2D eigenvalue weighted by Crippen LogP contribution is 2.29. The number of aliphatic hydroxyl groups is 1. The summed E-state index contributed by atoms with van der Waals surface area (Å²) < 4.78 is 19.1. The Morgan fingerprint density at radius 1 is 0.744 bits per heavy atom. The fraction of sp³-hybridized carbons (Fsp3) is 0.303. The number of aromatic nitrogens is 4. The summed E-state index contributed by atoms with van der Waals surface area (Å²) >= 11 is 0. The maximum absolute atomic E-state index is 10.2. The number of ether oxygens (including phenoxy) is 3. The molecular formula is C33H36N6O4. The summed E-state index contributed by atoms with van der Waals surface area (Å²) in [6.45, 7) is 1.64. The first-order chi connectivity index (χ1) is 21.3. The molecule has 1 aliphatic heterocycles. The first-order valence-corrected chi connectivity index (χ1v) is 14.6. The van der Waals surface area contributed by atoms with Crippen LogP contribution in [0.5, 0.6) is 0 Å². The van der Waals surface area contributed by atoms with Gasteiger partial charge in [-0.25, -0.2) is 4.98 Å². The number of benzene rings is 3. The Labute approximate surface area is 250 Å². The van der Waals surface area contributed by atoms with E-state index in [0.717, 1.165) is 17.5 Å². The van der Waals surface area contributed by atoms with Crippen LogP contribution in [-0.4, -0.2) is 69.2 Å². The highest BCUT2D eigenvalue weighted by Gasteiger charge is 2.46. The molecule has 1 saturated heterocycles. The smallest absolute Gasteiger partial charge is 0.226 e. The standard InChI is InChI=1S/C33H36N6O4/c40-19-27-30(42-21-25-14-8-3-9-15-25)29(41-20-24-12-6-2-7-13-24)26(43-27)18-35-31-28-32(37-22-36-28)39-33(38-31)34-17-16-23-10-4-1-5-11-23/h1-15,22,26-27,29-30,40H,16-21H2,(H3,34,35,36,37,38,39)/t26-,27+,29+,30+/m0/s1. The van der Waals surface area contributed by atoms with Crippen molar-refractivity contribution in [3.8, 4) is 0 Å². The predicted octanol–water partition coefficient (Wildman–Crippen LogP) is 4.35. The van der Waals surface area contributed by atoms with E-state index in [1.807, 2.05) is 78.9 Å². The topological polar surface area (TPSA) is 126 Å². The van der Waals surface area contributed by atoms with Crippen LogP contribution in [0, 0.1) is 0 Å².